The highest BCUT2D eigenvalue weighted by atomic mass is 16.6. The summed E-state index contributed by atoms with van der Waals surface area (Å²) in [6.45, 7) is 0.770. The van der Waals surface area contributed by atoms with Gasteiger partial charge in [0.05, 0.1) is 4.92 Å². The van der Waals surface area contributed by atoms with Crippen LogP contribution in [0, 0.1) is 10.1 Å². The summed E-state index contributed by atoms with van der Waals surface area (Å²) in [5, 5.41) is 20.6. The van der Waals surface area contributed by atoms with E-state index in [-0.39, 0.29) is 12.3 Å². The Morgan fingerprint density at radius 3 is 2.55 bits per heavy atom. The first kappa shape index (κ1) is 16.7. The van der Waals surface area contributed by atoms with Crippen LogP contribution >= 0.6 is 0 Å². The van der Waals surface area contributed by atoms with Gasteiger partial charge in [0.15, 0.2) is 0 Å². The van der Waals surface area contributed by atoms with Crippen LogP contribution in [0.25, 0.3) is 0 Å². The highest BCUT2D eigenvalue weighted by Crippen LogP contribution is 2.22. The Balaban J connectivity index is 1.74. The first-order valence-corrected chi connectivity index (χ1v) is 7.82. The van der Waals surface area contributed by atoms with Gasteiger partial charge in [-0.15, -0.1) is 0 Å². The van der Waals surface area contributed by atoms with Crippen molar-refractivity contribution in [1.29, 1.82) is 0 Å². The summed E-state index contributed by atoms with van der Waals surface area (Å²) >= 11 is 0. The van der Waals surface area contributed by atoms with Crippen LogP contribution < -0.4 is 4.74 Å². The summed E-state index contributed by atoms with van der Waals surface area (Å²) in [4.78, 5) is 12.3. The van der Waals surface area contributed by atoms with E-state index in [0.717, 1.165) is 0 Å². The van der Waals surface area contributed by atoms with Gasteiger partial charge in [-0.2, -0.15) is 0 Å². The van der Waals surface area contributed by atoms with Crippen LogP contribution in [0.5, 0.6) is 5.75 Å². The van der Waals surface area contributed by atoms with E-state index in [0.29, 0.717) is 18.3 Å². The number of hydrogen-bond donors (Lipinski definition) is 1. The van der Waals surface area contributed by atoms with Crippen molar-refractivity contribution >= 4 is 5.69 Å². The highest BCUT2D eigenvalue weighted by Gasteiger charge is 2.20. The van der Waals surface area contributed by atoms with Crippen LogP contribution in [0.3, 0.4) is 0 Å². The normalized spacial score (nSPS) is 17.4. The fourth-order valence-corrected chi connectivity index (χ4v) is 2.91. The first-order chi connectivity index (χ1) is 10.6. The lowest BCUT2D eigenvalue weighted by Gasteiger charge is -2.32. The highest BCUT2D eigenvalue weighted by molar-refractivity contribution is 5.35. The molecule has 0 spiro atoms. The molecular weight excluding hydrogens is 284 g/mol. The largest absolute Gasteiger partial charge is 0.491 e. The molecule has 0 heterocycles. The third kappa shape index (κ3) is 4.96. The number of ether oxygens (including phenoxy) is 1. The van der Waals surface area contributed by atoms with Crippen LogP contribution in [0.4, 0.5) is 5.69 Å². The number of hydrogen-bond acceptors (Lipinski definition) is 5. The number of benzene rings is 1. The Hall–Kier alpha value is -1.66. The molecule has 6 heteroatoms. The molecule has 1 aromatic rings. The molecule has 1 N–H and O–H groups in total. The van der Waals surface area contributed by atoms with E-state index in [9.17, 15) is 15.2 Å². The zero-order valence-electron chi connectivity index (χ0n) is 13.0. The third-order valence-electron chi connectivity index (χ3n) is 4.19. The van der Waals surface area contributed by atoms with Crippen molar-refractivity contribution in [3.8, 4) is 5.75 Å². The number of likely N-dealkylation sites (N-methyl/N-ethyl adjacent to an activating group) is 1. The quantitative estimate of drug-likeness (QED) is 0.619. The van der Waals surface area contributed by atoms with Crippen LogP contribution in [0.2, 0.25) is 0 Å². The number of aliphatic hydroxyl groups is 1. The minimum Gasteiger partial charge on any atom is -0.491 e. The van der Waals surface area contributed by atoms with Crippen molar-refractivity contribution in [1.82, 2.24) is 4.90 Å². The molecule has 122 valence electrons. The van der Waals surface area contributed by atoms with Gasteiger partial charge in [-0.1, -0.05) is 19.3 Å². The smallest absolute Gasteiger partial charge is 0.269 e. The zero-order valence-corrected chi connectivity index (χ0v) is 13.0. The van der Waals surface area contributed by atoms with Gasteiger partial charge in [-0.25, -0.2) is 0 Å². The van der Waals surface area contributed by atoms with Crippen molar-refractivity contribution in [2.45, 2.75) is 44.2 Å². The van der Waals surface area contributed by atoms with Crippen LogP contribution in [0.15, 0.2) is 24.3 Å². The minimum absolute atomic E-state index is 0.0323. The fourth-order valence-electron chi connectivity index (χ4n) is 2.91. The molecule has 1 atom stereocenters. The van der Waals surface area contributed by atoms with Gasteiger partial charge in [-0.05, 0) is 32.0 Å². The lowest BCUT2D eigenvalue weighted by molar-refractivity contribution is -0.384. The van der Waals surface area contributed by atoms with E-state index in [1.54, 1.807) is 12.1 Å². The van der Waals surface area contributed by atoms with E-state index >= 15 is 0 Å². The minimum atomic E-state index is -0.567. The van der Waals surface area contributed by atoms with Crippen LogP contribution in [0.1, 0.15) is 32.1 Å². The maximum absolute atomic E-state index is 10.6. The van der Waals surface area contributed by atoms with Gasteiger partial charge in [0.2, 0.25) is 0 Å². The van der Waals surface area contributed by atoms with E-state index in [2.05, 4.69) is 4.90 Å². The average Bonchev–Trinajstić information content (AvgIpc) is 2.54. The van der Waals surface area contributed by atoms with Crippen molar-refractivity contribution in [2.24, 2.45) is 0 Å². The van der Waals surface area contributed by atoms with Crippen molar-refractivity contribution in [2.75, 3.05) is 20.2 Å². The van der Waals surface area contributed by atoms with Gasteiger partial charge < -0.3 is 14.7 Å². The third-order valence-corrected chi connectivity index (χ3v) is 4.19. The Kier molecular flexibility index (Phi) is 6.15. The topological polar surface area (TPSA) is 75.8 Å². The van der Waals surface area contributed by atoms with E-state index in [1.165, 1.54) is 44.2 Å². The molecule has 0 amide bonds. The summed E-state index contributed by atoms with van der Waals surface area (Å²) in [7, 11) is 2.05. The summed E-state index contributed by atoms with van der Waals surface area (Å²) in [6.07, 6.45) is 5.69. The molecule has 0 radical (unpaired) electrons. The molecule has 1 saturated carbocycles. The predicted octanol–water partition coefficient (Wildman–Crippen LogP) is 2.60. The molecule has 1 aliphatic rings. The van der Waals surface area contributed by atoms with Gasteiger partial charge in [0.25, 0.3) is 5.69 Å². The van der Waals surface area contributed by atoms with Gasteiger partial charge in [0, 0.05) is 24.7 Å². The Morgan fingerprint density at radius 1 is 1.32 bits per heavy atom. The van der Waals surface area contributed by atoms with Crippen LogP contribution in [-0.2, 0) is 0 Å². The average molecular weight is 308 g/mol. The molecule has 1 unspecified atom stereocenters. The number of rotatable bonds is 7. The first-order valence-electron chi connectivity index (χ1n) is 7.82. The van der Waals surface area contributed by atoms with Gasteiger partial charge in [-0.3, -0.25) is 10.1 Å². The van der Waals surface area contributed by atoms with Crippen molar-refractivity contribution in [3.05, 3.63) is 34.4 Å². The molecule has 2 rings (SSSR count). The summed E-state index contributed by atoms with van der Waals surface area (Å²) in [6, 6.07) is 6.46. The second-order valence-corrected chi connectivity index (χ2v) is 5.95. The Morgan fingerprint density at radius 2 is 1.95 bits per heavy atom. The van der Waals surface area contributed by atoms with E-state index in [1.807, 2.05) is 7.05 Å². The molecule has 1 aromatic carbocycles. The number of aliphatic hydroxyl groups excluding tert-OH is 1. The van der Waals surface area contributed by atoms with Gasteiger partial charge in [0.1, 0.15) is 18.5 Å². The molecule has 1 aliphatic carbocycles. The SMILES string of the molecule is CN(CC(O)COc1ccc([N+](=O)[O-])cc1)C1CCCCC1. The molecule has 0 bridgehead atoms. The number of nitro groups is 1. The number of nitrogens with zero attached hydrogens (tertiary/aromatic N) is 2. The lowest BCUT2D eigenvalue weighted by atomic mass is 9.94. The molecule has 0 saturated heterocycles. The van der Waals surface area contributed by atoms with Crippen LogP contribution in [-0.4, -0.2) is 47.3 Å². The standard InChI is InChI=1S/C16H24N2O4/c1-17(13-5-3-2-4-6-13)11-15(19)12-22-16-9-7-14(8-10-16)18(20)21/h7-10,13,15,19H,2-6,11-12H2,1H3. The van der Waals surface area contributed by atoms with E-state index in [4.69, 9.17) is 4.74 Å². The second kappa shape index (κ2) is 8.10. The maximum Gasteiger partial charge on any atom is 0.269 e. The summed E-state index contributed by atoms with van der Waals surface area (Å²) in [5.74, 6) is 0.532. The zero-order chi connectivity index (χ0) is 15.9. The molecule has 1 fully saturated rings. The monoisotopic (exact) mass is 308 g/mol. The lowest BCUT2D eigenvalue weighted by Crippen LogP contribution is -2.40. The predicted molar refractivity (Wildman–Crippen MR) is 84.1 cm³/mol. The summed E-state index contributed by atoms with van der Waals surface area (Å²) < 4.78 is 5.49. The second-order valence-electron chi connectivity index (χ2n) is 5.95. The number of non-ortho nitro benzene ring substituents is 1. The molecular formula is C16H24N2O4. The van der Waals surface area contributed by atoms with Gasteiger partial charge >= 0.3 is 0 Å². The summed E-state index contributed by atoms with van der Waals surface area (Å²) in [5.41, 5.74) is 0.0323. The van der Waals surface area contributed by atoms with E-state index < -0.39 is 11.0 Å². The molecule has 0 aliphatic heterocycles. The maximum atomic E-state index is 10.6. The fraction of sp³-hybridized carbons (Fsp3) is 0.625. The Bertz CT molecular complexity index is 472. The van der Waals surface area contributed by atoms with Crippen molar-refractivity contribution < 1.29 is 14.8 Å². The van der Waals surface area contributed by atoms with Crippen molar-refractivity contribution in [3.63, 3.8) is 0 Å². The Labute approximate surface area is 130 Å². The molecule has 22 heavy (non-hydrogen) atoms. The molecule has 0 aromatic heterocycles. The number of nitro benzene ring substituents is 1. The molecule has 6 nitrogen and oxygen atoms in total.